The van der Waals surface area contributed by atoms with Crippen LogP contribution in [-0.2, 0) is 15.8 Å². The molecule has 2 amide bonds. The molecule has 0 aromatic heterocycles. The number of nitrogens with zero attached hydrogens (tertiary/aromatic N) is 4. The van der Waals surface area contributed by atoms with E-state index in [1.165, 1.54) is 16.8 Å². The molecule has 1 aromatic carbocycles. The van der Waals surface area contributed by atoms with E-state index in [2.05, 4.69) is 6.58 Å². The van der Waals surface area contributed by atoms with Crippen LogP contribution in [-0.4, -0.2) is 66.3 Å². The van der Waals surface area contributed by atoms with E-state index in [0.29, 0.717) is 6.07 Å². The molecule has 0 saturated carbocycles. The van der Waals surface area contributed by atoms with Gasteiger partial charge in [-0.1, -0.05) is 6.58 Å². The van der Waals surface area contributed by atoms with Crippen LogP contribution in [0.25, 0.3) is 0 Å². The average molecular weight is 400 g/mol. The molecule has 1 saturated heterocycles. The van der Waals surface area contributed by atoms with Gasteiger partial charge in [0.25, 0.3) is 5.69 Å². The lowest BCUT2D eigenvalue weighted by Gasteiger charge is -2.36. The van der Waals surface area contributed by atoms with Crippen molar-refractivity contribution in [3.63, 3.8) is 0 Å². The lowest BCUT2D eigenvalue weighted by molar-refractivity contribution is -0.384. The number of nitro benzene ring substituents is 1. The van der Waals surface area contributed by atoms with Crippen molar-refractivity contribution in [1.82, 2.24) is 9.80 Å². The predicted molar refractivity (Wildman–Crippen MR) is 94.7 cm³/mol. The first kappa shape index (κ1) is 21.2. The molecule has 0 bridgehead atoms. The molecule has 0 N–H and O–H groups in total. The molecule has 0 atom stereocenters. The standard InChI is InChI=1S/C17H19F3N4O4/c1-3-15(25)21(2)11-16(26)23-8-6-22(7-9-23)13-5-4-12(17(18,19)20)10-14(13)24(27)28/h3-5,10H,1,6-9,11H2,2H3. The van der Waals surface area contributed by atoms with Crippen LogP contribution in [0.3, 0.4) is 0 Å². The summed E-state index contributed by atoms with van der Waals surface area (Å²) in [5.41, 5.74) is -1.65. The molecule has 1 aliphatic rings. The zero-order valence-electron chi connectivity index (χ0n) is 15.1. The highest BCUT2D eigenvalue weighted by Crippen LogP contribution is 2.36. The zero-order chi connectivity index (χ0) is 21.1. The number of hydrogen-bond donors (Lipinski definition) is 0. The molecule has 11 heteroatoms. The van der Waals surface area contributed by atoms with E-state index >= 15 is 0 Å². The zero-order valence-corrected chi connectivity index (χ0v) is 15.1. The number of carbonyl (C=O) groups excluding carboxylic acids is 2. The van der Waals surface area contributed by atoms with Crippen LogP contribution in [0.5, 0.6) is 0 Å². The average Bonchev–Trinajstić information content (AvgIpc) is 2.66. The first-order chi connectivity index (χ1) is 13.0. The van der Waals surface area contributed by atoms with Gasteiger partial charge in [-0.2, -0.15) is 13.2 Å². The summed E-state index contributed by atoms with van der Waals surface area (Å²) in [5.74, 6) is -0.688. The third-order valence-corrected chi connectivity index (χ3v) is 4.40. The van der Waals surface area contributed by atoms with Gasteiger partial charge in [-0.25, -0.2) is 0 Å². The number of amides is 2. The first-order valence-electron chi connectivity index (χ1n) is 8.30. The number of piperazine rings is 1. The SMILES string of the molecule is C=CC(=O)N(C)CC(=O)N1CCN(c2ccc(C(F)(F)F)cc2[N+](=O)[O-])CC1. The molecule has 2 rings (SSSR count). The number of rotatable bonds is 5. The second-order valence-corrected chi connectivity index (χ2v) is 6.22. The van der Waals surface area contributed by atoms with Crippen LogP contribution >= 0.6 is 0 Å². The largest absolute Gasteiger partial charge is 0.416 e. The highest BCUT2D eigenvalue weighted by atomic mass is 19.4. The van der Waals surface area contributed by atoms with Gasteiger partial charge in [0.05, 0.1) is 17.0 Å². The van der Waals surface area contributed by atoms with Gasteiger partial charge in [0.1, 0.15) is 5.69 Å². The van der Waals surface area contributed by atoms with Gasteiger partial charge < -0.3 is 14.7 Å². The molecule has 1 aliphatic heterocycles. The van der Waals surface area contributed by atoms with E-state index in [4.69, 9.17) is 0 Å². The molecule has 0 unspecified atom stereocenters. The highest BCUT2D eigenvalue weighted by Gasteiger charge is 2.34. The van der Waals surface area contributed by atoms with Crippen molar-refractivity contribution in [2.45, 2.75) is 6.18 Å². The summed E-state index contributed by atoms with van der Waals surface area (Å²) >= 11 is 0. The molecule has 0 spiro atoms. The molecule has 8 nitrogen and oxygen atoms in total. The fourth-order valence-electron chi connectivity index (χ4n) is 2.85. The van der Waals surface area contributed by atoms with Crippen molar-refractivity contribution in [2.24, 2.45) is 0 Å². The Bertz CT molecular complexity index is 789. The van der Waals surface area contributed by atoms with Gasteiger partial charge in [0, 0.05) is 39.3 Å². The van der Waals surface area contributed by atoms with Crippen molar-refractivity contribution < 1.29 is 27.7 Å². The number of carbonyl (C=O) groups is 2. The Morgan fingerprint density at radius 2 is 1.89 bits per heavy atom. The Morgan fingerprint density at radius 1 is 1.29 bits per heavy atom. The maximum atomic E-state index is 12.8. The van der Waals surface area contributed by atoms with Gasteiger partial charge in [0.2, 0.25) is 11.8 Å². The third kappa shape index (κ3) is 4.78. The van der Waals surface area contributed by atoms with Crippen molar-refractivity contribution in [1.29, 1.82) is 0 Å². The molecule has 1 heterocycles. The number of hydrogen-bond acceptors (Lipinski definition) is 5. The normalized spacial score (nSPS) is 14.6. The number of halogens is 3. The first-order valence-corrected chi connectivity index (χ1v) is 8.30. The lowest BCUT2D eigenvalue weighted by atomic mass is 10.1. The van der Waals surface area contributed by atoms with Gasteiger partial charge in [-0.15, -0.1) is 0 Å². The van der Waals surface area contributed by atoms with Gasteiger partial charge in [0.15, 0.2) is 0 Å². The van der Waals surface area contributed by atoms with E-state index in [1.54, 1.807) is 4.90 Å². The smallest absolute Gasteiger partial charge is 0.362 e. The number of anilines is 1. The van der Waals surface area contributed by atoms with E-state index in [-0.39, 0.29) is 44.3 Å². The summed E-state index contributed by atoms with van der Waals surface area (Å²) in [6.45, 7) is 4.10. The molecule has 0 radical (unpaired) electrons. The maximum absolute atomic E-state index is 12.8. The Morgan fingerprint density at radius 3 is 2.39 bits per heavy atom. The fourth-order valence-corrected chi connectivity index (χ4v) is 2.85. The summed E-state index contributed by atoms with van der Waals surface area (Å²) in [4.78, 5) is 38.4. The van der Waals surface area contributed by atoms with E-state index < -0.39 is 28.3 Å². The number of likely N-dealkylation sites (N-methyl/N-ethyl adjacent to an activating group) is 1. The van der Waals surface area contributed by atoms with Crippen LogP contribution in [0.15, 0.2) is 30.9 Å². The lowest BCUT2D eigenvalue weighted by Crippen LogP contribution is -2.51. The van der Waals surface area contributed by atoms with Crippen LogP contribution in [0.4, 0.5) is 24.5 Å². The van der Waals surface area contributed by atoms with E-state index in [0.717, 1.165) is 18.2 Å². The van der Waals surface area contributed by atoms with Crippen LogP contribution in [0.2, 0.25) is 0 Å². The van der Waals surface area contributed by atoms with Crippen molar-refractivity contribution >= 4 is 23.2 Å². The summed E-state index contributed by atoms with van der Waals surface area (Å²) in [6.07, 6.45) is -3.59. The van der Waals surface area contributed by atoms with Gasteiger partial charge in [-0.3, -0.25) is 19.7 Å². The molecule has 28 heavy (non-hydrogen) atoms. The molecule has 1 aromatic rings. The monoisotopic (exact) mass is 400 g/mol. The summed E-state index contributed by atoms with van der Waals surface area (Å²) in [6, 6.07) is 2.40. The Labute approximate surface area is 159 Å². The number of nitro groups is 1. The minimum absolute atomic E-state index is 0.0732. The summed E-state index contributed by atoms with van der Waals surface area (Å²) < 4.78 is 38.5. The van der Waals surface area contributed by atoms with Crippen LogP contribution in [0, 0.1) is 10.1 Å². The molecular formula is C17H19F3N4O4. The Balaban J connectivity index is 2.09. The van der Waals surface area contributed by atoms with Crippen molar-refractivity contribution in [3.05, 3.63) is 46.5 Å². The fraction of sp³-hybridized carbons (Fsp3) is 0.412. The van der Waals surface area contributed by atoms with Gasteiger partial charge >= 0.3 is 6.18 Å². The number of benzene rings is 1. The van der Waals surface area contributed by atoms with Crippen molar-refractivity contribution in [2.75, 3.05) is 44.7 Å². The highest BCUT2D eigenvalue weighted by molar-refractivity contribution is 5.90. The molecule has 152 valence electrons. The minimum Gasteiger partial charge on any atom is -0.362 e. The third-order valence-electron chi connectivity index (χ3n) is 4.40. The maximum Gasteiger partial charge on any atom is 0.416 e. The second kappa shape index (κ2) is 8.28. The minimum atomic E-state index is -4.68. The Hall–Kier alpha value is -3.11. The summed E-state index contributed by atoms with van der Waals surface area (Å²) in [5, 5.41) is 11.2. The summed E-state index contributed by atoms with van der Waals surface area (Å²) in [7, 11) is 1.46. The Kier molecular flexibility index (Phi) is 6.26. The topological polar surface area (TPSA) is 87.0 Å². The number of alkyl halides is 3. The van der Waals surface area contributed by atoms with Crippen LogP contribution in [0.1, 0.15) is 5.56 Å². The van der Waals surface area contributed by atoms with Crippen molar-refractivity contribution in [3.8, 4) is 0 Å². The predicted octanol–water partition coefficient (Wildman–Crippen LogP) is 1.91. The molecule has 0 aliphatic carbocycles. The van der Waals surface area contributed by atoms with Crippen LogP contribution < -0.4 is 4.90 Å². The van der Waals surface area contributed by atoms with E-state index in [9.17, 15) is 32.9 Å². The van der Waals surface area contributed by atoms with Gasteiger partial charge in [-0.05, 0) is 18.2 Å². The molecular weight excluding hydrogens is 381 g/mol. The quantitative estimate of drug-likeness (QED) is 0.428. The molecule has 1 fully saturated rings. The van der Waals surface area contributed by atoms with E-state index in [1.807, 2.05) is 0 Å². The second-order valence-electron chi connectivity index (χ2n) is 6.22.